The minimum absolute atomic E-state index is 0.111. The lowest BCUT2D eigenvalue weighted by Crippen LogP contribution is -2.44. The molecule has 0 aromatic heterocycles. The third-order valence-corrected chi connectivity index (χ3v) is 2.66. The number of carboxylic acids is 1. The third-order valence-electron chi connectivity index (χ3n) is 1.92. The maximum Gasteiger partial charge on any atom is 0.441 e. The van der Waals surface area contributed by atoms with Gasteiger partial charge >= 0.3 is 17.5 Å². The Bertz CT molecular complexity index is 308. The summed E-state index contributed by atoms with van der Waals surface area (Å²) in [6, 6.07) is -0.688. The highest BCUT2D eigenvalue weighted by Crippen LogP contribution is 2.29. The van der Waals surface area contributed by atoms with Crippen molar-refractivity contribution in [2.45, 2.75) is 19.4 Å². The Morgan fingerprint density at radius 1 is 1.22 bits per heavy atom. The van der Waals surface area contributed by atoms with Crippen LogP contribution >= 0.6 is 11.8 Å². The summed E-state index contributed by atoms with van der Waals surface area (Å²) in [7, 11) is 0. The van der Waals surface area contributed by atoms with Gasteiger partial charge < -0.3 is 15.7 Å². The molecule has 0 radical (unpaired) electrons. The van der Waals surface area contributed by atoms with Crippen LogP contribution in [0.15, 0.2) is 0 Å². The van der Waals surface area contributed by atoms with Crippen LogP contribution in [0.4, 0.5) is 18.0 Å². The summed E-state index contributed by atoms with van der Waals surface area (Å²) in [6.45, 7) is 2.59. The molecule has 0 fully saturated rings. The Morgan fingerprint density at radius 2 is 1.78 bits per heavy atom. The Hall–Kier alpha value is -1.12. The smallest absolute Gasteiger partial charge is 0.441 e. The van der Waals surface area contributed by atoms with E-state index in [0.29, 0.717) is 0 Å². The fourth-order valence-corrected chi connectivity index (χ4v) is 1.21. The standard InChI is InChI=1S/C9H15F3N2O3S/c1-8(2,6(15)16)5-14-7(17)13-3-4-18-9(10,11)12/h3-5H2,1-2H3,(H,15,16)(H2,13,14,17). The van der Waals surface area contributed by atoms with Crippen LogP contribution in [0, 0.1) is 5.41 Å². The summed E-state index contributed by atoms with van der Waals surface area (Å²) < 4.78 is 35.2. The molecule has 0 heterocycles. The molecular weight excluding hydrogens is 273 g/mol. The normalized spacial score (nSPS) is 12.1. The van der Waals surface area contributed by atoms with E-state index in [1.807, 2.05) is 0 Å². The average Bonchev–Trinajstić information content (AvgIpc) is 2.20. The summed E-state index contributed by atoms with van der Waals surface area (Å²) in [5.74, 6) is -1.37. The number of urea groups is 1. The lowest BCUT2D eigenvalue weighted by molar-refractivity contribution is -0.146. The molecule has 0 aliphatic carbocycles. The molecule has 18 heavy (non-hydrogen) atoms. The van der Waals surface area contributed by atoms with Gasteiger partial charge in [0.15, 0.2) is 0 Å². The van der Waals surface area contributed by atoms with Crippen LogP contribution in [0.5, 0.6) is 0 Å². The van der Waals surface area contributed by atoms with Crippen molar-refractivity contribution < 1.29 is 27.9 Å². The molecule has 0 atom stereocenters. The number of halogens is 3. The number of amides is 2. The van der Waals surface area contributed by atoms with Crippen LogP contribution in [-0.2, 0) is 4.79 Å². The number of aliphatic carboxylic acids is 1. The van der Waals surface area contributed by atoms with E-state index in [1.165, 1.54) is 13.8 Å². The van der Waals surface area contributed by atoms with Gasteiger partial charge in [0, 0.05) is 18.8 Å². The van der Waals surface area contributed by atoms with Crippen molar-refractivity contribution >= 4 is 23.8 Å². The monoisotopic (exact) mass is 288 g/mol. The average molecular weight is 288 g/mol. The van der Waals surface area contributed by atoms with Crippen molar-refractivity contribution in [1.29, 1.82) is 0 Å². The van der Waals surface area contributed by atoms with Gasteiger partial charge in [-0.3, -0.25) is 4.79 Å². The van der Waals surface area contributed by atoms with Crippen molar-refractivity contribution in [3.63, 3.8) is 0 Å². The van der Waals surface area contributed by atoms with Crippen molar-refractivity contribution in [2.24, 2.45) is 5.41 Å². The number of hydrogen-bond acceptors (Lipinski definition) is 3. The second-order valence-corrected chi connectivity index (χ2v) is 5.25. The van der Waals surface area contributed by atoms with Gasteiger partial charge in [-0.2, -0.15) is 13.2 Å². The summed E-state index contributed by atoms with van der Waals surface area (Å²) in [6.07, 6.45) is 0. The molecule has 0 bridgehead atoms. The van der Waals surface area contributed by atoms with Crippen molar-refractivity contribution in [1.82, 2.24) is 10.6 Å². The highest BCUT2D eigenvalue weighted by molar-refractivity contribution is 8.00. The highest BCUT2D eigenvalue weighted by atomic mass is 32.2. The van der Waals surface area contributed by atoms with Crippen LogP contribution in [0.2, 0.25) is 0 Å². The topological polar surface area (TPSA) is 78.4 Å². The minimum atomic E-state index is -4.32. The van der Waals surface area contributed by atoms with Gasteiger partial charge in [-0.25, -0.2) is 4.79 Å². The molecule has 0 aliphatic heterocycles. The molecule has 3 N–H and O–H groups in total. The van der Waals surface area contributed by atoms with Crippen LogP contribution in [-0.4, -0.2) is 41.5 Å². The number of thioether (sulfide) groups is 1. The largest absolute Gasteiger partial charge is 0.481 e. The number of nitrogens with one attached hydrogen (secondary N) is 2. The van der Waals surface area contributed by atoms with E-state index in [-0.39, 0.29) is 30.6 Å². The van der Waals surface area contributed by atoms with Gasteiger partial charge in [-0.15, -0.1) is 0 Å². The fourth-order valence-electron chi connectivity index (χ4n) is 0.771. The van der Waals surface area contributed by atoms with Gasteiger partial charge in [-0.05, 0) is 25.6 Å². The maximum absolute atomic E-state index is 11.7. The Balaban J connectivity index is 3.77. The van der Waals surface area contributed by atoms with E-state index < -0.39 is 22.9 Å². The summed E-state index contributed by atoms with van der Waals surface area (Å²) in [5.41, 5.74) is -5.44. The maximum atomic E-state index is 11.7. The second-order valence-electron chi connectivity index (χ2n) is 4.09. The zero-order chi connectivity index (χ0) is 14.4. The zero-order valence-corrected chi connectivity index (χ0v) is 10.7. The fraction of sp³-hybridized carbons (Fsp3) is 0.778. The van der Waals surface area contributed by atoms with E-state index in [0.717, 1.165) is 0 Å². The number of carbonyl (C=O) groups excluding carboxylic acids is 1. The van der Waals surface area contributed by atoms with E-state index >= 15 is 0 Å². The van der Waals surface area contributed by atoms with Gasteiger partial charge in [0.05, 0.1) is 5.41 Å². The molecule has 0 aromatic carbocycles. The highest BCUT2D eigenvalue weighted by Gasteiger charge is 2.28. The number of alkyl halides is 3. The van der Waals surface area contributed by atoms with Crippen LogP contribution in [0.3, 0.4) is 0 Å². The molecule has 5 nitrogen and oxygen atoms in total. The first-order valence-electron chi connectivity index (χ1n) is 5.00. The van der Waals surface area contributed by atoms with Crippen LogP contribution in [0.1, 0.15) is 13.8 Å². The first kappa shape index (κ1) is 16.9. The first-order chi connectivity index (χ1) is 8.04. The molecule has 9 heteroatoms. The molecular formula is C9H15F3N2O3S. The quantitative estimate of drug-likeness (QED) is 0.649. The second kappa shape index (κ2) is 6.72. The lowest BCUT2D eigenvalue weighted by Gasteiger charge is -2.19. The predicted molar refractivity (Wildman–Crippen MR) is 61.3 cm³/mol. The van der Waals surface area contributed by atoms with Gasteiger partial charge in [0.1, 0.15) is 0 Å². The molecule has 0 aliphatic rings. The van der Waals surface area contributed by atoms with Crippen molar-refractivity contribution in [3.05, 3.63) is 0 Å². The van der Waals surface area contributed by atoms with Gasteiger partial charge in [-0.1, -0.05) is 0 Å². The Labute approximate surface area is 106 Å². The number of hydrogen-bond donors (Lipinski definition) is 3. The first-order valence-corrected chi connectivity index (χ1v) is 5.99. The van der Waals surface area contributed by atoms with Crippen molar-refractivity contribution in [2.75, 3.05) is 18.8 Å². The predicted octanol–water partition coefficient (Wildman–Crippen LogP) is 1.65. The Kier molecular flexibility index (Phi) is 6.30. The molecule has 0 saturated carbocycles. The molecule has 0 saturated heterocycles. The van der Waals surface area contributed by atoms with E-state index in [2.05, 4.69) is 10.6 Å². The molecule has 0 unspecified atom stereocenters. The van der Waals surface area contributed by atoms with Crippen LogP contribution in [0.25, 0.3) is 0 Å². The molecule has 0 rings (SSSR count). The molecule has 2 amide bonds. The SMILES string of the molecule is CC(C)(CNC(=O)NCCSC(F)(F)F)C(=O)O. The van der Waals surface area contributed by atoms with E-state index in [1.54, 1.807) is 0 Å². The molecule has 0 spiro atoms. The Morgan fingerprint density at radius 3 is 2.22 bits per heavy atom. The number of carboxylic acid groups (broad SMARTS) is 1. The van der Waals surface area contributed by atoms with Gasteiger partial charge in [0.2, 0.25) is 0 Å². The summed E-state index contributed by atoms with van der Waals surface area (Å²) >= 11 is -0.233. The number of rotatable bonds is 6. The minimum Gasteiger partial charge on any atom is -0.481 e. The van der Waals surface area contributed by atoms with E-state index in [4.69, 9.17) is 5.11 Å². The van der Waals surface area contributed by atoms with Crippen LogP contribution < -0.4 is 10.6 Å². The molecule has 106 valence electrons. The zero-order valence-electron chi connectivity index (χ0n) is 9.93. The van der Waals surface area contributed by atoms with Crippen molar-refractivity contribution in [3.8, 4) is 0 Å². The summed E-state index contributed by atoms with van der Waals surface area (Å²) in [5, 5.41) is 13.2. The van der Waals surface area contributed by atoms with Gasteiger partial charge in [0.25, 0.3) is 0 Å². The summed E-state index contributed by atoms with van der Waals surface area (Å²) in [4.78, 5) is 21.8. The number of carbonyl (C=O) groups is 2. The van der Waals surface area contributed by atoms with E-state index in [9.17, 15) is 22.8 Å². The molecule has 0 aromatic rings. The third kappa shape index (κ3) is 8.04. The lowest BCUT2D eigenvalue weighted by atomic mass is 9.94.